The maximum atomic E-state index is 8.89. The predicted molar refractivity (Wildman–Crippen MR) is 111 cm³/mol. The summed E-state index contributed by atoms with van der Waals surface area (Å²) in [5.74, 6) is 0. The van der Waals surface area contributed by atoms with Gasteiger partial charge in [0.15, 0.2) is 5.11 Å². The van der Waals surface area contributed by atoms with Gasteiger partial charge < -0.3 is 15.1 Å². The largest absolute Gasteiger partial charge is 0.368 e. The van der Waals surface area contributed by atoms with Gasteiger partial charge in [0.25, 0.3) is 0 Å². The quantitative estimate of drug-likeness (QED) is 0.781. The molecule has 0 saturated carbocycles. The van der Waals surface area contributed by atoms with Crippen molar-refractivity contribution in [1.82, 2.24) is 10.2 Å². The van der Waals surface area contributed by atoms with Crippen molar-refractivity contribution in [3.63, 3.8) is 0 Å². The summed E-state index contributed by atoms with van der Waals surface area (Å²) in [6.45, 7) is 4.04. The molecule has 0 atom stereocenters. The number of hydrogen-bond acceptors (Lipinski definition) is 3. The van der Waals surface area contributed by atoms with Gasteiger partial charge in [-0.1, -0.05) is 29.3 Å². The van der Waals surface area contributed by atoms with Crippen molar-refractivity contribution < 1.29 is 0 Å². The average molecular weight is 405 g/mol. The Morgan fingerprint density at radius 3 is 2.38 bits per heavy atom. The van der Waals surface area contributed by atoms with Crippen molar-refractivity contribution in [3.05, 3.63) is 63.6 Å². The first-order chi connectivity index (χ1) is 12.6. The summed E-state index contributed by atoms with van der Waals surface area (Å²) in [6, 6.07) is 15.3. The number of anilines is 1. The Kier molecular flexibility index (Phi) is 6.20. The fourth-order valence-corrected chi connectivity index (χ4v) is 3.59. The predicted octanol–water partition coefficient (Wildman–Crippen LogP) is 4.06. The second-order valence-corrected chi connectivity index (χ2v) is 7.26. The van der Waals surface area contributed by atoms with Gasteiger partial charge in [0, 0.05) is 48.5 Å². The minimum Gasteiger partial charge on any atom is -0.368 e. The zero-order chi connectivity index (χ0) is 18.5. The van der Waals surface area contributed by atoms with E-state index in [4.69, 9.17) is 40.7 Å². The molecule has 0 aliphatic carbocycles. The van der Waals surface area contributed by atoms with Crippen LogP contribution in [0, 0.1) is 11.3 Å². The summed E-state index contributed by atoms with van der Waals surface area (Å²) in [7, 11) is 0. The standard InChI is InChI=1S/C19H18Cl2N4S/c20-16-4-3-15(18(21)11-16)13-23-19(26)25-9-7-24(8-10-25)17-5-1-14(12-22)2-6-17/h1-6,11H,7-10,13H2,(H,23,26). The number of hydrogen-bond donors (Lipinski definition) is 1. The zero-order valence-electron chi connectivity index (χ0n) is 14.1. The molecule has 0 unspecified atom stereocenters. The molecule has 2 aromatic carbocycles. The van der Waals surface area contributed by atoms with Gasteiger partial charge in [-0.2, -0.15) is 5.26 Å². The van der Waals surface area contributed by atoms with Crippen LogP contribution in [-0.2, 0) is 6.54 Å². The zero-order valence-corrected chi connectivity index (χ0v) is 16.4. The normalized spacial score (nSPS) is 14.0. The lowest BCUT2D eigenvalue weighted by Gasteiger charge is -2.37. The molecular weight excluding hydrogens is 387 g/mol. The third kappa shape index (κ3) is 4.59. The topological polar surface area (TPSA) is 42.3 Å². The maximum Gasteiger partial charge on any atom is 0.169 e. The van der Waals surface area contributed by atoms with Crippen molar-refractivity contribution in [2.45, 2.75) is 6.54 Å². The fraction of sp³-hybridized carbons (Fsp3) is 0.263. The van der Waals surface area contributed by atoms with Crippen molar-refractivity contribution >= 4 is 46.2 Å². The van der Waals surface area contributed by atoms with Crippen molar-refractivity contribution in [2.75, 3.05) is 31.1 Å². The van der Waals surface area contributed by atoms with Gasteiger partial charge in [0.1, 0.15) is 0 Å². The summed E-state index contributed by atoms with van der Waals surface area (Å²) < 4.78 is 0. The number of rotatable bonds is 3. The van der Waals surface area contributed by atoms with E-state index in [1.807, 2.05) is 36.4 Å². The van der Waals surface area contributed by atoms with Gasteiger partial charge >= 0.3 is 0 Å². The highest BCUT2D eigenvalue weighted by atomic mass is 35.5. The molecule has 1 fully saturated rings. The summed E-state index contributed by atoms with van der Waals surface area (Å²) in [4.78, 5) is 4.47. The smallest absolute Gasteiger partial charge is 0.169 e. The van der Waals surface area contributed by atoms with Crippen LogP contribution in [0.3, 0.4) is 0 Å². The van der Waals surface area contributed by atoms with E-state index >= 15 is 0 Å². The first-order valence-corrected chi connectivity index (χ1v) is 9.45. The maximum absolute atomic E-state index is 8.89. The second-order valence-electron chi connectivity index (χ2n) is 6.03. The molecule has 7 heteroatoms. The number of thiocarbonyl (C=S) groups is 1. The van der Waals surface area contributed by atoms with Crippen LogP contribution in [0.5, 0.6) is 0 Å². The molecule has 1 saturated heterocycles. The van der Waals surface area contributed by atoms with Crippen LogP contribution in [0.2, 0.25) is 10.0 Å². The molecule has 4 nitrogen and oxygen atoms in total. The third-order valence-corrected chi connectivity index (χ3v) is 5.36. The van der Waals surface area contributed by atoms with Crippen molar-refractivity contribution in [1.29, 1.82) is 5.26 Å². The highest BCUT2D eigenvalue weighted by Gasteiger charge is 2.19. The van der Waals surface area contributed by atoms with E-state index < -0.39 is 0 Å². The molecule has 1 aliphatic rings. The van der Waals surface area contributed by atoms with Crippen molar-refractivity contribution in [3.8, 4) is 6.07 Å². The first kappa shape index (κ1) is 18.8. The Labute approximate surface area is 168 Å². The number of piperazine rings is 1. The highest BCUT2D eigenvalue weighted by Crippen LogP contribution is 2.21. The molecule has 0 aromatic heterocycles. The van der Waals surface area contributed by atoms with E-state index in [2.05, 4.69) is 21.2 Å². The summed E-state index contributed by atoms with van der Waals surface area (Å²) >= 11 is 17.6. The number of halogens is 2. The molecule has 0 radical (unpaired) electrons. The molecule has 0 amide bonds. The van der Waals surface area contributed by atoms with E-state index in [1.54, 1.807) is 6.07 Å². The average Bonchev–Trinajstić information content (AvgIpc) is 2.67. The molecule has 0 bridgehead atoms. The van der Waals surface area contributed by atoms with E-state index in [9.17, 15) is 0 Å². The Morgan fingerprint density at radius 2 is 1.77 bits per heavy atom. The van der Waals surface area contributed by atoms with E-state index in [1.165, 1.54) is 0 Å². The van der Waals surface area contributed by atoms with Gasteiger partial charge in [-0.15, -0.1) is 0 Å². The number of nitriles is 1. The minimum atomic E-state index is 0.574. The van der Waals surface area contributed by atoms with E-state index in [0.717, 1.165) is 42.5 Å². The van der Waals surface area contributed by atoms with Gasteiger partial charge in [0.05, 0.1) is 11.6 Å². The molecule has 1 heterocycles. The van der Waals surface area contributed by atoms with Gasteiger partial charge in [0.2, 0.25) is 0 Å². The second kappa shape index (κ2) is 8.59. The van der Waals surface area contributed by atoms with Crippen LogP contribution in [0.25, 0.3) is 0 Å². The van der Waals surface area contributed by atoms with Gasteiger partial charge in [-0.3, -0.25) is 0 Å². The summed E-state index contributed by atoms with van der Waals surface area (Å²) in [6.07, 6.45) is 0. The third-order valence-electron chi connectivity index (χ3n) is 4.37. The fourth-order valence-electron chi connectivity index (χ4n) is 2.86. The van der Waals surface area contributed by atoms with E-state index in [0.29, 0.717) is 22.2 Å². The molecule has 1 N–H and O–H groups in total. The van der Waals surface area contributed by atoms with Crippen LogP contribution < -0.4 is 10.2 Å². The Bertz CT molecular complexity index is 824. The van der Waals surface area contributed by atoms with Crippen LogP contribution in [0.15, 0.2) is 42.5 Å². The SMILES string of the molecule is N#Cc1ccc(N2CCN(C(=S)NCc3ccc(Cl)cc3Cl)CC2)cc1. The Balaban J connectivity index is 1.50. The number of benzene rings is 2. The van der Waals surface area contributed by atoms with Crippen LogP contribution >= 0.6 is 35.4 Å². The molecular formula is C19H18Cl2N4S. The lowest BCUT2D eigenvalue weighted by atomic mass is 10.2. The molecule has 1 aliphatic heterocycles. The minimum absolute atomic E-state index is 0.574. The summed E-state index contributed by atoms with van der Waals surface area (Å²) in [5, 5.41) is 14.2. The lowest BCUT2D eigenvalue weighted by molar-refractivity contribution is 0.380. The van der Waals surface area contributed by atoms with Gasteiger partial charge in [-0.25, -0.2) is 0 Å². The Hall–Kier alpha value is -2.00. The monoisotopic (exact) mass is 404 g/mol. The summed E-state index contributed by atoms with van der Waals surface area (Å²) in [5.41, 5.74) is 2.78. The first-order valence-electron chi connectivity index (χ1n) is 8.28. The van der Waals surface area contributed by atoms with Crippen LogP contribution in [0.4, 0.5) is 5.69 Å². The molecule has 134 valence electrons. The van der Waals surface area contributed by atoms with Gasteiger partial charge in [-0.05, 0) is 54.2 Å². The number of nitrogens with zero attached hydrogens (tertiary/aromatic N) is 3. The lowest BCUT2D eigenvalue weighted by Crippen LogP contribution is -2.51. The van der Waals surface area contributed by atoms with Crippen molar-refractivity contribution in [2.24, 2.45) is 0 Å². The number of nitrogens with one attached hydrogen (secondary N) is 1. The van der Waals surface area contributed by atoms with E-state index in [-0.39, 0.29) is 0 Å². The molecule has 0 spiro atoms. The molecule has 26 heavy (non-hydrogen) atoms. The Morgan fingerprint density at radius 1 is 1.08 bits per heavy atom. The highest BCUT2D eigenvalue weighted by molar-refractivity contribution is 7.80. The molecule has 3 rings (SSSR count). The van der Waals surface area contributed by atoms with Crippen LogP contribution in [-0.4, -0.2) is 36.2 Å². The van der Waals surface area contributed by atoms with Crippen LogP contribution in [0.1, 0.15) is 11.1 Å². The molecule has 2 aromatic rings.